The van der Waals surface area contributed by atoms with Crippen molar-refractivity contribution in [3.8, 4) is 0 Å². The maximum absolute atomic E-state index is 12.4. The first-order chi connectivity index (χ1) is 10.5. The number of aliphatic hydroxyl groups is 1. The maximum Gasteiger partial charge on any atom is 0.333 e. The lowest BCUT2D eigenvalue weighted by molar-refractivity contribution is -0.205. The summed E-state index contributed by atoms with van der Waals surface area (Å²) in [5.41, 5.74) is 0.297. The standard InChI is InChI=1S/C16H20O6/c1-16-5-3-4-7-8-6-9(17)21-14(20-2)10(8)12(18)13(11(7)16)22-15(16)19/h6-7,10-14,18H,3-5H2,1-2H3. The highest BCUT2D eigenvalue weighted by Crippen LogP contribution is 2.60. The zero-order chi connectivity index (χ0) is 15.6. The summed E-state index contributed by atoms with van der Waals surface area (Å²) in [6.45, 7) is 1.93. The monoisotopic (exact) mass is 308 g/mol. The van der Waals surface area contributed by atoms with Crippen LogP contribution in [-0.4, -0.2) is 42.7 Å². The fraction of sp³-hybridized carbons (Fsp3) is 0.750. The Morgan fingerprint density at radius 2 is 2.14 bits per heavy atom. The third kappa shape index (κ3) is 1.62. The molecule has 1 saturated heterocycles. The van der Waals surface area contributed by atoms with Crippen LogP contribution in [0.1, 0.15) is 26.2 Å². The molecule has 0 aromatic rings. The average molecular weight is 308 g/mol. The number of hydrogen-bond acceptors (Lipinski definition) is 6. The Bertz CT molecular complexity index is 569. The van der Waals surface area contributed by atoms with Crippen LogP contribution in [0.25, 0.3) is 0 Å². The lowest BCUT2D eigenvalue weighted by Gasteiger charge is -2.50. The molecule has 2 heterocycles. The van der Waals surface area contributed by atoms with E-state index in [9.17, 15) is 14.7 Å². The second kappa shape index (κ2) is 4.55. The molecule has 120 valence electrons. The van der Waals surface area contributed by atoms with Crippen molar-refractivity contribution in [3.63, 3.8) is 0 Å². The van der Waals surface area contributed by atoms with Gasteiger partial charge in [0.25, 0.3) is 0 Å². The van der Waals surface area contributed by atoms with Crippen molar-refractivity contribution in [2.24, 2.45) is 23.2 Å². The van der Waals surface area contributed by atoms with E-state index >= 15 is 0 Å². The summed E-state index contributed by atoms with van der Waals surface area (Å²) >= 11 is 0. The van der Waals surface area contributed by atoms with E-state index in [1.165, 1.54) is 13.2 Å². The predicted octanol–water partition coefficient (Wildman–Crippen LogP) is 0.781. The minimum atomic E-state index is -0.908. The summed E-state index contributed by atoms with van der Waals surface area (Å²) in [6, 6.07) is 0. The second-order valence-electron chi connectivity index (χ2n) is 7.01. The van der Waals surface area contributed by atoms with Crippen molar-refractivity contribution in [1.29, 1.82) is 0 Å². The van der Waals surface area contributed by atoms with Crippen LogP contribution >= 0.6 is 0 Å². The minimum Gasteiger partial charge on any atom is -0.459 e. The summed E-state index contributed by atoms with van der Waals surface area (Å²) < 4.78 is 16.0. The van der Waals surface area contributed by atoms with Crippen LogP contribution in [0.2, 0.25) is 0 Å². The fourth-order valence-corrected chi connectivity index (χ4v) is 5.02. The van der Waals surface area contributed by atoms with Gasteiger partial charge in [-0.2, -0.15) is 0 Å². The molecule has 7 atom stereocenters. The van der Waals surface area contributed by atoms with Crippen LogP contribution in [0, 0.1) is 23.2 Å². The van der Waals surface area contributed by atoms with E-state index < -0.39 is 35.8 Å². The van der Waals surface area contributed by atoms with Crippen LogP contribution in [0.5, 0.6) is 0 Å². The van der Waals surface area contributed by atoms with Gasteiger partial charge in [0, 0.05) is 19.1 Å². The molecule has 0 spiro atoms. The molecule has 0 radical (unpaired) electrons. The Morgan fingerprint density at radius 1 is 1.36 bits per heavy atom. The van der Waals surface area contributed by atoms with Gasteiger partial charge in [0.05, 0.1) is 11.3 Å². The van der Waals surface area contributed by atoms with E-state index in [4.69, 9.17) is 14.2 Å². The summed E-state index contributed by atoms with van der Waals surface area (Å²) in [5, 5.41) is 10.8. The third-order valence-corrected chi connectivity index (χ3v) is 6.00. The third-order valence-electron chi connectivity index (χ3n) is 6.00. The van der Waals surface area contributed by atoms with Gasteiger partial charge in [0.1, 0.15) is 12.2 Å². The lowest BCUT2D eigenvalue weighted by atomic mass is 9.54. The number of hydrogen-bond donors (Lipinski definition) is 1. The maximum atomic E-state index is 12.4. The van der Waals surface area contributed by atoms with Crippen LogP contribution in [0.15, 0.2) is 11.6 Å². The molecule has 0 aromatic heterocycles. The molecule has 3 fully saturated rings. The second-order valence-corrected chi connectivity index (χ2v) is 7.01. The molecule has 2 aliphatic carbocycles. The van der Waals surface area contributed by atoms with Gasteiger partial charge in [-0.15, -0.1) is 0 Å². The molecule has 0 amide bonds. The minimum absolute atomic E-state index is 0.0640. The number of aliphatic hydroxyl groups excluding tert-OH is 1. The van der Waals surface area contributed by atoms with Gasteiger partial charge in [0.2, 0.25) is 6.29 Å². The molecule has 0 aromatic carbocycles. The fourth-order valence-electron chi connectivity index (χ4n) is 5.02. The zero-order valence-electron chi connectivity index (χ0n) is 12.7. The first-order valence-corrected chi connectivity index (χ1v) is 7.81. The van der Waals surface area contributed by atoms with Crippen LogP contribution in [0.3, 0.4) is 0 Å². The molecule has 0 bridgehead atoms. The highest BCUT2D eigenvalue weighted by Gasteiger charge is 2.66. The molecule has 6 nitrogen and oxygen atoms in total. The lowest BCUT2D eigenvalue weighted by Crippen LogP contribution is -2.57. The SMILES string of the molecule is COC1OC(=O)C=C2C3CCCC4(C)C(=O)OC(C(O)C21)C34. The molecule has 4 rings (SSSR count). The first-order valence-electron chi connectivity index (χ1n) is 7.81. The van der Waals surface area contributed by atoms with Crippen molar-refractivity contribution in [1.82, 2.24) is 0 Å². The topological polar surface area (TPSA) is 82.1 Å². The van der Waals surface area contributed by atoms with Crippen LogP contribution < -0.4 is 0 Å². The van der Waals surface area contributed by atoms with Crippen molar-refractivity contribution < 1.29 is 28.9 Å². The van der Waals surface area contributed by atoms with Gasteiger partial charge in [-0.05, 0) is 31.3 Å². The van der Waals surface area contributed by atoms with Gasteiger partial charge >= 0.3 is 11.9 Å². The highest BCUT2D eigenvalue weighted by atomic mass is 16.7. The molecular formula is C16H20O6. The number of methoxy groups -OCH3 is 1. The number of carbonyl (C=O) groups is 2. The van der Waals surface area contributed by atoms with Gasteiger partial charge in [-0.3, -0.25) is 4.79 Å². The van der Waals surface area contributed by atoms with Gasteiger partial charge in [-0.25, -0.2) is 4.79 Å². The molecule has 1 N–H and O–H groups in total. The quantitative estimate of drug-likeness (QED) is 0.721. The van der Waals surface area contributed by atoms with E-state index in [1.807, 2.05) is 6.92 Å². The van der Waals surface area contributed by atoms with E-state index in [0.717, 1.165) is 24.8 Å². The van der Waals surface area contributed by atoms with Crippen molar-refractivity contribution >= 4 is 11.9 Å². The predicted molar refractivity (Wildman–Crippen MR) is 73.3 cm³/mol. The Balaban J connectivity index is 1.83. The smallest absolute Gasteiger partial charge is 0.333 e. The molecule has 7 unspecified atom stereocenters. The highest BCUT2D eigenvalue weighted by molar-refractivity contribution is 5.85. The number of cyclic esters (lactones) is 1. The van der Waals surface area contributed by atoms with Gasteiger partial charge in [0.15, 0.2) is 0 Å². The Labute approximate surface area is 128 Å². The van der Waals surface area contributed by atoms with Crippen LogP contribution in [0.4, 0.5) is 0 Å². The van der Waals surface area contributed by atoms with Gasteiger partial charge < -0.3 is 19.3 Å². The van der Waals surface area contributed by atoms with Gasteiger partial charge in [-0.1, -0.05) is 6.42 Å². The molecule has 2 aliphatic heterocycles. The molecular weight excluding hydrogens is 288 g/mol. The number of rotatable bonds is 1. The molecule has 22 heavy (non-hydrogen) atoms. The van der Waals surface area contributed by atoms with E-state index in [1.54, 1.807) is 0 Å². The van der Waals surface area contributed by atoms with Crippen LogP contribution in [-0.2, 0) is 23.8 Å². The van der Waals surface area contributed by atoms with Crippen molar-refractivity contribution in [2.75, 3.05) is 7.11 Å². The number of carbonyl (C=O) groups excluding carboxylic acids is 2. The summed E-state index contributed by atoms with van der Waals surface area (Å²) in [4.78, 5) is 24.2. The summed E-state index contributed by atoms with van der Waals surface area (Å²) in [5.74, 6) is -1.14. The first kappa shape index (κ1) is 14.2. The van der Waals surface area contributed by atoms with Crippen molar-refractivity contribution in [3.05, 3.63) is 11.6 Å². The molecule has 4 aliphatic rings. The Morgan fingerprint density at radius 3 is 2.86 bits per heavy atom. The molecule has 2 saturated carbocycles. The largest absolute Gasteiger partial charge is 0.459 e. The number of esters is 2. The Kier molecular flexibility index (Phi) is 2.94. The van der Waals surface area contributed by atoms with E-state index in [-0.39, 0.29) is 17.8 Å². The zero-order valence-corrected chi connectivity index (χ0v) is 12.7. The number of fused-ring (bicyclic) bond motifs is 2. The molecule has 6 heteroatoms. The summed E-state index contributed by atoms with van der Waals surface area (Å²) in [6.07, 6.45) is 1.79. The van der Waals surface area contributed by atoms with Crippen molar-refractivity contribution in [2.45, 2.75) is 44.7 Å². The Hall–Kier alpha value is -1.40. The summed E-state index contributed by atoms with van der Waals surface area (Å²) in [7, 11) is 1.45. The van der Waals surface area contributed by atoms with E-state index in [0.29, 0.717) is 0 Å². The van der Waals surface area contributed by atoms with E-state index in [2.05, 4.69) is 0 Å². The number of ether oxygens (including phenoxy) is 3. The average Bonchev–Trinajstić information content (AvgIpc) is 2.76. The normalized spacial score (nSPS) is 49.7.